The van der Waals surface area contributed by atoms with Crippen molar-refractivity contribution >= 4 is 10.0 Å². The second-order valence-electron chi connectivity index (χ2n) is 5.19. The highest BCUT2D eigenvalue weighted by Gasteiger charge is 2.45. The van der Waals surface area contributed by atoms with E-state index in [4.69, 9.17) is 0 Å². The molecule has 1 aromatic heterocycles. The molecule has 1 fully saturated rings. The highest BCUT2D eigenvalue weighted by molar-refractivity contribution is 7.88. The monoisotopic (exact) mass is 269 g/mol. The lowest BCUT2D eigenvalue weighted by Crippen LogP contribution is -2.43. The van der Waals surface area contributed by atoms with E-state index in [0.29, 0.717) is 12.4 Å². The lowest BCUT2D eigenvalue weighted by Gasteiger charge is -2.32. The van der Waals surface area contributed by atoms with E-state index < -0.39 is 15.6 Å². The highest BCUT2D eigenvalue weighted by atomic mass is 32.2. The molecule has 1 aromatic rings. The van der Waals surface area contributed by atoms with Crippen LogP contribution >= 0.6 is 0 Å². The van der Waals surface area contributed by atoms with Crippen molar-refractivity contribution in [3.8, 4) is 0 Å². The van der Waals surface area contributed by atoms with Gasteiger partial charge in [-0.05, 0) is 39.7 Å². The Morgan fingerprint density at radius 1 is 1.28 bits per heavy atom. The standard InChI is InChI=1S/C12H19N3O2S/c1-9-8-10(2)14-11(13-9)12(3)6-5-7-15(12)18(4,16)17/h8H,5-7H2,1-4H3. The van der Waals surface area contributed by atoms with Crippen LogP contribution in [0.3, 0.4) is 0 Å². The average molecular weight is 269 g/mol. The summed E-state index contributed by atoms with van der Waals surface area (Å²) in [5.74, 6) is 0.614. The van der Waals surface area contributed by atoms with Gasteiger partial charge in [-0.1, -0.05) is 0 Å². The Balaban J connectivity index is 2.53. The fourth-order valence-electron chi connectivity index (χ4n) is 2.66. The summed E-state index contributed by atoms with van der Waals surface area (Å²) < 4.78 is 25.2. The van der Waals surface area contributed by atoms with Crippen LogP contribution in [0.4, 0.5) is 0 Å². The second-order valence-corrected chi connectivity index (χ2v) is 7.09. The van der Waals surface area contributed by atoms with Gasteiger partial charge in [-0.2, -0.15) is 4.31 Å². The summed E-state index contributed by atoms with van der Waals surface area (Å²) in [6, 6.07) is 1.90. The SMILES string of the molecule is Cc1cc(C)nc(C2(C)CCCN2S(C)(=O)=O)n1. The van der Waals surface area contributed by atoms with Crippen LogP contribution in [0, 0.1) is 13.8 Å². The van der Waals surface area contributed by atoms with Crippen LogP contribution in [0.5, 0.6) is 0 Å². The van der Waals surface area contributed by atoms with E-state index >= 15 is 0 Å². The van der Waals surface area contributed by atoms with Gasteiger partial charge in [-0.3, -0.25) is 0 Å². The summed E-state index contributed by atoms with van der Waals surface area (Å²) in [5, 5.41) is 0. The third-order valence-electron chi connectivity index (χ3n) is 3.44. The van der Waals surface area contributed by atoms with Crippen LogP contribution < -0.4 is 0 Å². The van der Waals surface area contributed by atoms with Crippen molar-refractivity contribution in [1.82, 2.24) is 14.3 Å². The second kappa shape index (κ2) is 4.28. The molecule has 18 heavy (non-hydrogen) atoms. The number of sulfonamides is 1. The summed E-state index contributed by atoms with van der Waals surface area (Å²) in [6.07, 6.45) is 2.86. The molecule has 0 radical (unpaired) electrons. The molecule has 1 atom stereocenters. The van der Waals surface area contributed by atoms with E-state index in [0.717, 1.165) is 24.2 Å². The minimum Gasteiger partial charge on any atom is -0.236 e. The molecule has 6 heteroatoms. The molecule has 100 valence electrons. The first-order valence-corrected chi connectivity index (χ1v) is 7.89. The van der Waals surface area contributed by atoms with Gasteiger partial charge in [0.15, 0.2) is 0 Å². The van der Waals surface area contributed by atoms with Crippen molar-refractivity contribution in [2.75, 3.05) is 12.8 Å². The van der Waals surface area contributed by atoms with Gasteiger partial charge in [0, 0.05) is 17.9 Å². The van der Waals surface area contributed by atoms with Crippen molar-refractivity contribution in [3.05, 3.63) is 23.3 Å². The van der Waals surface area contributed by atoms with Gasteiger partial charge in [0.1, 0.15) is 5.82 Å². The van der Waals surface area contributed by atoms with Crippen LogP contribution in [0.1, 0.15) is 37.0 Å². The van der Waals surface area contributed by atoms with Gasteiger partial charge >= 0.3 is 0 Å². The molecule has 0 aromatic carbocycles. The minimum atomic E-state index is -3.23. The molecule has 1 aliphatic rings. The van der Waals surface area contributed by atoms with Crippen molar-refractivity contribution in [2.45, 2.75) is 39.2 Å². The van der Waals surface area contributed by atoms with Crippen molar-refractivity contribution in [2.24, 2.45) is 0 Å². The zero-order chi connectivity index (χ0) is 13.6. The van der Waals surface area contributed by atoms with Crippen LogP contribution in [-0.2, 0) is 15.6 Å². The Morgan fingerprint density at radius 2 is 1.83 bits per heavy atom. The molecule has 0 bridgehead atoms. The van der Waals surface area contributed by atoms with Gasteiger partial charge in [-0.25, -0.2) is 18.4 Å². The number of nitrogens with zero attached hydrogens (tertiary/aromatic N) is 3. The van der Waals surface area contributed by atoms with E-state index in [1.54, 1.807) is 0 Å². The quantitative estimate of drug-likeness (QED) is 0.813. The molecule has 0 aliphatic carbocycles. The third kappa shape index (κ3) is 2.27. The fraction of sp³-hybridized carbons (Fsp3) is 0.667. The topological polar surface area (TPSA) is 63.2 Å². The molecule has 0 saturated carbocycles. The molecule has 1 unspecified atom stereocenters. The van der Waals surface area contributed by atoms with Crippen LogP contribution in [0.2, 0.25) is 0 Å². The molecule has 1 saturated heterocycles. The molecule has 0 amide bonds. The Hall–Kier alpha value is -1.01. The van der Waals surface area contributed by atoms with Gasteiger partial charge in [0.25, 0.3) is 0 Å². The largest absolute Gasteiger partial charge is 0.236 e. The Bertz CT molecular complexity index is 550. The lowest BCUT2D eigenvalue weighted by atomic mass is 9.99. The van der Waals surface area contributed by atoms with Gasteiger partial charge in [0.2, 0.25) is 10.0 Å². The first-order chi connectivity index (χ1) is 8.23. The van der Waals surface area contributed by atoms with Crippen LogP contribution in [0.15, 0.2) is 6.07 Å². The Morgan fingerprint density at radius 3 is 2.33 bits per heavy atom. The maximum Gasteiger partial charge on any atom is 0.212 e. The number of hydrogen-bond acceptors (Lipinski definition) is 4. The Kier molecular flexibility index (Phi) is 3.19. The summed E-state index contributed by atoms with van der Waals surface area (Å²) in [5.41, 5.74) is 1.14. The van der Waals surface area contributed by atoms with Crippen molar-refractivity contribution < 1.29 is 8.42 Å². The van der Waals surface area contributed by atoms with E-state index in [9.17, 15) is 8.42 Å². The predicted octanol–water partition coefficient (Wildman–Crippen LogP) is 1.36. The molecule has 0 N–H and O–H groups in total. The molecule has 2 rings (SSSR count). The third-order valence-corrected chi connectivity index (χ3v) is 4.83. The van der Waals surface area contributed by atoms with Gasteiger partial charge < -0.3 is 0 Å². The number of aryl methyl sites for hydroxylation is 2. The number of rotatable bonds is 2. The van der Waals surface area contributed by atoms with E-state index in [2.05, 4.69) is 9.97 Å². The van der Waals surface area contributed by atoms with E-state index in [-0.39, 0.29) is 0 Å². The first kappa shape index (κ1) is 13.4. The minimum absolute atomic E-state index is 0.547. The van der Waals surface area contributed by atoms with Crippen molar-refractivity contribution in [3.63, 3.8) is 0 Å². The number of hydrogen-bond donors (Lipinski definition) is 0. The summed E-state index contributed by atoms with van der Waals surface area (Å²) in [6.45, 7) is 6.27. The smallest absolute Gasteiger partial charge is 0.212 e. The molecule has 1 aliphatic heterocycles. The highest BCUT2D eigenvalue weighted by Crippen LogP contribution is 2.38. The molecule has 0 spiro atoms. The van der Waals surface area contributed by atoms with Crippen molar-refractivity contribution in [1.29, 1.82) is 0 Å². The average Bonchev–Trinajstić information content (AvgIpc) is 2.59. The summed E-state index contributed by atoms with van der Waals surface area (Å²) in [4.78, 5) is 8.87. The van der Waals surface area contributed by atoms with Crippen LogP contribution in [-0.4, -0.2) is 35.5 Å². The zero-order valence-electron chi connectivity index (χ0n) is 11.3. The maximum absolute atomic E-state index is 11.9. The van der Waals surface area contributed by atoms with E-state index in [1.165, 1.54) is 10.6 Å². The zero-order valence-corrected chi connectivity index (χ0v) is 12.1. The fourth-order valence-corrected chi connectivity index (χ4v) is 4.03. The van der Waals surface area contributed by atoms with Gasteiger partial charge in [0.05, 0.1) is 11.8 Å². The Labute approximate surface area is 108 Å². The molecule has 2 heterocycles. The molecule has 5 nitrogen and oxygen atoms in total. The normalized spacial score (nSPS) is 25.6. The molecular formula is C12H19N3O2S. The summed E-state index contributed by atoms with van der Waals surface area (Å²) in [7, 11) is -3.23. The van der Waals surface area contributed by atoms with Gasteiger partial charge in [-0.15, -0.1) is 0 Å². The first-order valence-electron chi connectivity index (χ1n) is 6.04. The lowest BCUT2D eigenvalue weighted by molar-refractivity contribution is 0.256. The number of aromatic nitrogens is 2. The molecular weight excluding hydrogens is 250 g/mol. The maximum atomic E-state index is 11.9. The van der Waals surface area contributed by atoms with E-state index in [1.807, 2.05) is 26.8 Å². The predicted molar refractivity (Wildman–Crippen MR) is 69.6 cm³/mol. The summed E-state index contributed by atoms with van der Waals surface area (Å²) >= 11 is 0. The van der Waals surface area contributed by atoms with Crippen LogP contribution in [0.25, 0.3) is 0 Å².